The largest absolute Gasteiger partial charge is 0.508 e. The molecule has 58 heavy (non-hydrogen) atoms. The summed E-state index contributed by atoms with van der Waals surface area (Å²) in [4.78, 5) is 61.0. The number of aryl methyl sites for hydroxylation is 2. The van der Waals surface area contributed by atoms with Gasteiger partial charge in [0.15, 0.2) is 0 Å². The maximum absolute atomic E-state index is 14.4. The quantitative estimate of drug-likeness (QED) is 0.149. The number of esters is 1. The molecule has 2 saturated heterocycles. The highest BCUT2D eigenvalue weighted by Gasteiger charge is 2.39. The molecule has 2 aromatic carbocycles. The normalized spacial score (nSPS) is 22.9. The van der Waals surface area contributed by atoms with Gasteiger partial charge in [-0.3, -0.25) is 29.2 Å². The molecule has 2 fully saturated rings. The summed E-state index contributed by atoms with van der Waals surface area (Å²) in [5.74, 6) is -1.58. The molecule has 310 valence electrons. The highest BCUT2D eigenvalue weighted by molar-refractivity contribution is 5.96. The van der Waals surface area contributed by atoms with Crippen molar-refractivity contribution < 1.29 is 33.8 Å². The van der Waals surface area contributed by atoms with Crippen LogP contribution in [-0.4, -0.2) is 101 Å². The van der Waals surface area contributed by atoms with Crippen LogP contribution in [0.15, 0.2) is 59.7 Å². The molecule has 4 heterocycles. The van der Waals surface area contributed by atoms with Gasteiger partial charge in [0.25, 0.3) is 5.91 Å². The third-order valence-corrected chi connectivity index (χ3v) is 11.8. The third-order valence-electron chi connectivity index (χ3n) is 11.8. The molecule has 0 aliphatic carbocycles. The molecule has 3 amide bonds. The molecule has 3 aromatic rings. The number of nitrogens with one attached hydrogen (secondary N) is 2. The molecule has 5 atom stereocenters. The maximum atomic E-state index is 14.4. The van der Waals surface area contributed by atoms with E-state index in [1.165, 1.54) is 11.9 Å². The van der Waals surface area contributed by atoms with E-state index in [1.54, 1.807) is 30.4 Å². The van der Waals surface area contributed by atoms with Crippen LogP contribution in [0, 0.1) is 5.92 Å². The maximum Gasteiger partial charge on any atom is 0.324 e. The summed E-state index contributed by atoms with van der Waals surface area (Å²) in [5, 5.41) is 16.6. The van der Waals surface area contributed by atoms with Gasteiger partial charge in [-0.25, -0.2) is 5.43 Å². The number of fused-ring (bicyclic) bond motifs is 6. The van der Waals surface area contributed by atoms with Crippen molar-refractivity contribution in [3.63, 3.8) is 0 Å². The number of methoxy groups -OCH3 is 1. The number of aromatic hydroxyl groups is 1. The van der Waals surface area contributed by atoms with Crippen LogP contribution in [0.4, 0.5) is 0 Å². The predicted octanol–water partition coefficient (Wildman–Crippen LogP) is 5.72. The molecular weight excluding hydrogens is 737 g/mol. The molecule has 13 nitrogen and oxygen atoms in total. The van der Waals surface area contributed by atoms with E-state index in [9.17, 15) is 24.3 Å². The van der Waals surface area contributed by atoms with E-state index in [1.807, 2.05) is 39.0 Å². The van der Waals surface area contributed by atoms with Gasteiger partial charge in [0.05, 0.1) is 24.1 Å². The Morgan fingerprint density at radius 1 is 1.12 bits per heavy atom. The van der Waals surface area contributed by atoms with E-state index in [-0.39, 0.29) is 36.7 Å². The topological polar surface area (TPSA) is 155 Å². The second-order valence-electron chi connectivity index (χ2n) is 15.6. The van der Waals surface area contributed by atoms with Crippen molar-refractivity contribution in [2.24, 2.45) is 10.9 Å². The molecular formula is C45H58N6O7. The first-order valence-corrected chi connectivity index (χ1v) is 20.6. The molecule has 6 bridgehead atoms. The van der Waals surface area contributed by atoms with Crippen LogP contribution in [0.5, 0.6) is 5.75 Å². The molecule has 0 saturated carbocycles. The number of allylic oxidation sites excluding steroid dienone is 2. The van der Waals surface area contributed by atoms with Gasteiger partial charge >= 0.3 is 5.97 Å². The van der Waals surface area contributed by atoms with Gasteiger partial charge in [0.1, 0.15) is 23.9 Å². The van der Waals surface area contributed by atoms with E-state index in [2.05, 4.69) is 40.9 Å². The van der Waals surface area contributed by atoms with E-state index in [4.69, 9.17) is 14.5 Å². The average Bonchev–Trinajstić information content (AvgIpc) is 3.52. The second kappa shape index (κ2) is 18.5. The zero-order chi connectivity index (χ0) is 41.7. The first-order valence-electron chi connectivity index (χ1n) is 20.6. The van der Waals surface area contributed by atoms with E-state index in [0.717, 1.165) is 57.4 Å². The van der Waals surface area contributed by atoms with Crippen LogP contribution in [0.3, 0.4) is 0 Å². The highest BCUT2D eigenvalue weighted by Crippen LogP contribution is 2.38. The number of amides is 3. The molecule has 0 radical (unpaired) electrons. The van der Waals surface area contributed by atoms with Gasteiger partial charge < -0.3 is 29.4 Å². The number of hydrogen-bond acceptors (Lipinski definition) is 9. The smallest absolute Gasteiger partial charge is 0.324 e. The van der Waals surface area contributed by atoms with Crippen LogP contribution in [0.1, 0.15) is 83.5 Å². The number of carbonyl (C=O) groups is 4. The predicted molar refractivity (Wildman–Crippen MR) is 225 cm³/mol. The van der Waals surface area contributed by atoms with Gasteiger partial charge in [0, 0.05) is 62.8 Å². The number of ether oxygens (including phenoxy) is 2. The summed E-state index contributed by atoms with van der Waals surface area (Å²) in [5.41, 5.74) is 9.91. The van der Waals surface area contributed by atoms with Crippen molar-refractivity contribution in [3.05, 3.63) is 71.6 Å². The van der Waals surface area contributed by atoms with Crippen LogP contribution in [0.2, 0.25) is 0 Å². The Morgan fingerprint density at radius 2 is 1.90 bits per heavy atom. The van der Waals surface area contributed by atoms with Crippen LogP contribution in [-0.2, 0) is 48.0 Å². The highest BCUT2D eigenvalue weighted by atomic mass is 16.5. The number of piperidine rings is 1. The molecule has 0 spiro atoms. The Hall–Kier alpha value is -5.27. The van der Waals surface area contributed by atoms with Crippen molar-refractivity contribution in [2.75, 3.05) is 26.8 Å². The van der Waals surface area contributed by atoms with Gasteiger partial charge in [-0.2, -0.15) is 0 Å². The lowest BCUT2D eigenvalue weighted by molar-refractivity contribution is -0.153. The lowest BCUT2D eigenvalue weighted by atomic mass is 9.89. The third kappa shape index (κ3) is 8.75. The van der Waals surface area contributed by atoms with Crippen molar-refractivity contribution in [2.45, 2.75) is 110 Å². The Labute approximate surface area is 341 Å². The molecule has 3 aliphatic heterocycles. The summed E-state index contributed by atoms with van der Waals surface area (Å²) < 4.78 is 13.9. The Balaban J connectivity index is 1.49. The number of hydrogen-bond donors (Lipinski definition) is 3. The minimum Gasteiger partial charge on any atom is -0.508 e. The lowest BCUT2D eigenvalue weighted by Crippen LogP contribution is -2.62. The average molecular weight is 795 g/mol. The number of aliphatic imine (C=N–C) groups is 1. The number of phenols is 1. The second-order valence-corrected chi connectivity index (χ2v) is 15.6. The monoisotopic (exact) mass is 794 g/mol. The number of cyclic esters (lactones) is 1. The number of hydrazine groups is 1. The Kier molecular flexibility index (Phi) is 13.5. The number of carbonyl (C=O) groups excluding carboxylic acids is 4. The van der Waals surface area contributed by atoms with Crippen molar-refractivity contribution in [1.29, 1.82) is 0 Å². The van der Waals surface area contributed by atoms with E-state index >= 15 is 0 Å². The standard InChI is InChI=1S/C45H58N6O7/c1-8-34(40(46-9-2)28(5)57-7)42-35-15-13-21-58-45(56)37-16-12-20-51(48-37)44(55)38(47-43(54)41-27(4)14-11-19-50(41)29(6)52)24-30-22-32(25-33(53)23-30)31-17-18-39(36(35)26-31)49(42)10-3/h8-9,17-18,22-23,25-28,37-38,41,48,53H,1,10-16,19-21,24H2,2-7H3,(H,47,54)/b40-34+,46-9-/t27-,28-,37-,38-,41-/m0/s1. The molecule has 1 aromatic heterocycles. The zero-order valence-corrected chi connectivity index (χ0v) is 34.7. The van der Waals surface area contributed by atoms with Crippen molar-refractivity contribution in [1.82, 2.24) is 25.2 Å². The van der Waals surface area contributed by atoms with Crippen LogP contribution >= 0.6 is 0 Å². The van der Waals surface area contributed by atoms with Crippen LogP contribution < -0.4 is 10.7 Å². The number of likely N-dealkylation sites (tertiary alicyclic amines) is 1. The lowest BCUT2D eigenvalue weighted by Gasteiger charge is -2.40. The fourth-order valence-corrected chi connectivity index (χ4v) is 8.88. The fraction of sp³-hybridized carbons (Fsp3) is 0.489. The van der Waals surface area contributed by atoms with Crippen molar-refractivity contribution in [3.8, 4) is 16.9 Å². The molecule has 0 unspecified atom stereocenters. The summed E-state index contributed by atoms with van der Waals surface area (Å²) in [7, 11) is 1.65. The number of aromatic nitrogens is 1. The molecule has 3 N–H and O–H groups in total. The number of rotatable bonds is 8. The van der Waals surface area contributed by atoms with Crippen molar-refractivity contribution >= 4 is 46.4 Å². The minimum atomic E-state index is -1.07. The Morgan fingerprint density at radius 3 is 2.60 bits per heavy atom. The summed E-state index contributed by atoms with van der Waals surface area (Å²) >= 11 is 0. The van der Waals surface area contributed by atoms with Crippen LogP contribution in [0.25, 0.3) is 27.6 Å². The first-order chi connectivity index (χ1) is 27.9. The van der Waals surface area contributed by atoms with Gasteiger partial charge in [-0.05, 0) is 112 Å². The minimum absolute atomic E-state index is 0.0154. The van der Waals surface area contributed by atoms with Gasteiger partial charge in [0.2, 0.25) is 11.8 Å². The zero-order valence-electron chi connectivity index (χ0n) is 34.7. The number of benzene rings is 2. The van der Waals surface area contributed by atoms with Gasteiger partial charge in [-0.15, -0.1) is 0 Å². The number of phenolic OH excluding ortho intramolecular Hbond substituents is 1. The SMILES string of the molecule is C=C/C(=C(\N=C/C)[C@H](C)OC)c1c2c3cc(ccc3n1CC)-c1cc(O)cc(c1)C[C@H](NC(=O)[C@@H]1[C@@H](C)CCCN1C(C)=O)C(=O)N1CCC[C@H](N1)C(=O)OCCC2. The summed E-state index contributed by atoms with van der Waals surface area (Å²) in [6.07, 6.45) is 7.00. The van der Waals surface area contributed by atoms with Gasteiger partial charge in [-0.1, -0.05) is 31.7 Å². The molecule has 13 heteroatoms. The summed E-state index contributed by atoms with van der Waals surface area (Å²) in [6, 6.07) is 8.89. The molecule has 6 rings (SSSR count). The number of nitrogens with zero attached hydrogens (tertiary/aromatic N) is 4. The fourth-order valence-electron chi connectivity index (χ4n) is 8.88. The van der Waals surface area contributed by atoms with E-state index in [0.29, 0.717) is 50.9 Å². The molecule has 3 aliphatic rings. The Bertz CT molecular complexity index is 2120. The summed E-state index contributed by atoms with van der Waals surface area (Å²) in [6.45, 7) is 15.1. The first kappa shape index (κ1) is 42.3. The van der Waals surface area contributed by atoms with E-state index < -0.39 is 35.9 Å².